The second-order valence-electron chi connectivity index (χ2n) is 4.77. The third-order valence-corrected chi connectivity index (χ3v) is 3.83. The number of fused-ring (bicyclic) bond motifs is 1. The van der Waals surface area contributed by atoms with Crippen LogP contribution in [0.2, 0.25) is 0 Å². The third-order valence-electron chi connectivity index (χ3n) is 3.52. The maximum Gasteiger partial charge on any atom is 0.306 e. The Labute approximate surface area is 113 Å². The normalized spacial score (nSPS) is 18.2. The number of hydrogen-bond acceptors (Lipinski definition) is 2. The van der Waals surface area contributed by atoms with Gasteiger partial charge >= 0.3 is 5.97 Å². The molecule has 98 valence electrons. The molecule has 0 N–H and O–H groups in total. The monoisotopic (exact) mass is 266 g/mol. The molecule has 1 unspecified atom stereocenters. The second-order valence-corrected chi connectivity index (χ2v) is 5.03. The summed E-state index contributed by atoms with van der Waals surface area (Å²) in [6.07, 6.45) is 3.81. The molecular formula is C15H19ClO2. The Morgan fingerprint density at radius 2 is 2.33 bits per heavy atom. The molecule has 2 nitrogen and oxygen atoms in total. The average Bonchev–Trinajstić information content (AvgIpc) is 2.38. The smallest absolute Gasteiger partial charge is 0.306 e. The summed E-state index contributed by atoms with van der Waals surface area (Å²) in [6, 6.07) is 6.38. The largest absolute Gasteiger partial charge is 0.466 e. The zero-order valence-electron chi connectivity index (χ0n) is 10.7. The van der Waals surface area contributed by atoms with Gasteiger partial charge in [-0.3, -0.25) is 4.79 Å². The van der Waals surface area contributed by atoms with Crippen LogP contribution < -0.4 is 0 Å². The predicted octanol–water partition coefficient (Wildman–Crippen LogP) is 3.80. The highest BCUT2D eigenvalue weighted by Crippen LogP contribution is 2.34. The summed E-state index contributed by atoms with van der Waals surface area (Å²) in [7, 11) is 0. The van der Waals surface area contributed by atoms with Crippen molar-refractivity contribution in [2.24, 2.45) is 0 Å². The standard InChI is InChI=1S/C15H19ClO2/c1-2-18-15(17)9-13-5-3-4-12-8-11(10-16)6-7-14(12)13/h6-8,13H,2-5,9-10H2,1H3. The van der Waals surface area contributed by atoms with E-state index in [1.165, 1.54) is 11.1 Å². The minimum atomic E-state index is -0.0863. The fourth-order valence-corrected chi connectivity index (χ4v) is 2.85. The lowest BCUT2D eigenvalue weighted by Crippen LogP contribution is -2.15. The van der Waals surface area contributed by atoms with E-state index in [0.717, 1.165) is 24.8 Å². The number of carbonyl (C=O) groups excluding carboxylic acids is 1. The topological polar surface area (TPSA) is 26.3 Å². The Morgan fingerprint density at radius 3 is 3.06 bits per heavy atom. The molecule has 1 aliphatic carbocycles. The molecule has 3 heteroatoms. The molecule has 0 aliphatic heterocycles. The van der Waals surface area contributed by atoms with Crippen LogP contribution in [0.5, 0.6) is 0 Å². The molecule has 1 aromatic rings. The first kappa shape index (κ1) is 13.4. The molecule has 18 heavy (non-hydrogen) atoms. The van der Waals surface area contributed by atoms with Crippen molar-refractivity contribution in [1.29, 1.82) is 0 Å². The van der Waals surface area contributed by atoms with Crippen LogP contribution in [-0.4, -0.2) is 12.6 Å². The fraction of sp³-hybridized carbons (Fsp3) is 0.533. The van der Waals surface area contributed by atoms with Crippen molar-refractivity contribution in [1.82, 2.24) is 0 Å². The molecule has 0 aromatic heterocycles. The summed E-state index contributed by atoms with van der Waals surface area (Å²) in [5, 5.41) is 0. The Kier molecular flexibility index (Phi) is 4.65. The van der Waals surface area contributed by atoms with Crippen LogP contribution in [0, 0.1) is 0 Å². The van der Waals surface area contributed by atoms with Gasteiger partial charge in [-0.25, -0.2) is 0 Å². The van der Waals surface area contributed by atoms with Gasteiger partial charge in [0.25, 0.3) is 0 Å². The molecule has 0 radical (unpaired) electrons. The number of rotatable bonds is 4. The highest BCUT2D eigenvalue weighted by atomic mass is 35.5. The molecule has 0 saturated heterocycles. The molecular weight excluding hydrogens is 248 g/mol. The molecule has 2 rings (SSSR count). The quantitative estimate of drug-likeness (QED) is 0.612. The molecule has 0 fully saturated rings. The molecule has 1 aliphatic rings. The van der Waals surface area contributed by atoms with Crippen molar-refractivity contribution in [3.8, 4) is 0 Å². The van der Waals surface area contributed by atoms with Crippen LogP contribution in [0.25, 0.3) is 0 Å². The van der Waals surface area contributed by atoms with Gasteiger partial charge in [-0.15, -0.1) is 11.6 Å². The lowest BCUT2D eigenvalue weighted by molar-refractivity contribution is -0.143. The molecule has 0 heterocycles. The molecule has 0 saturated carbocycles. The number of halogens is 1. The van der Waals surface area contributed by atoms with Crippen LogP contribution in [0.3, 0.4) is 0 Å². The SMILES string of the molecule is CCOC(=O)CC1CCCc2cc(CCl)ccc21. The third kappa shape index (κ3) is 3.05. The maximum absolute atomic E-state index is 11.6. The number of alkyl halides is 1. The first-order valence-electron chi connectivity index (χ1n) is 6.58. The van der Waals surface area contributed by atoms with Gasteiger partial charge in [-0.1, -0.05) is 18.2 Å². The number of carbonyl (C=O) groups is 1. The van der Waals surface area contributed by atoms with Crippen LogP contribution >= 0.6 is 11.6 Å². The summed E-state index contributed by atoms with van der Waals surface area (Å²) in [5.41, 5.74) is 3.82. The minimum absolute atomic E-state index is 0.0863. The first-order chi connectivity index (χ1) is 8.74. The van der Waals surface area contributed by atoms with Gasteiger partial charge < -0.3 is 4.74 Å². The highest BCUT2D eigenvalue weighted by molar-refractivity contribution is 6.17. The number of aryl methyl sites for hydroxylation is 1. The fourth-order valence-electron chi connectivity index (χ4n) is 2.68. The molecule has 0 spiro atoms. The van der Waals surface area contributed by atoms with Crippen LogP contribution in [-0.2, 0) is 21.8 Å². The van der Waals surface area contributed by atoms with Gasteiger partial charge in [0.1, 0.15) is 0 Å². The van der Waals surface area contributed by atoms with Gasteiger partial charge in [-0.2, -0.15) is 0 Å². The summed E-state index contributed by atoms with van der Waals surface area (Å²) < 4.78 is 5.04. The lowest BCUT2D eigenvalue weighted by atomic mass is 9.80. The number of esters is 1. The van der Waals surface area contributed by atoms with Crippen molar-refractivity contribution >= 4 is 17.6 Å². The van der Waals surface area contributed by atoms with Gasteiger partial charge in [0.05, 0.1) is 13.0 Å². The molecule has 0 amide bonds. The van der Waals surface area contributed by atoms with E-state index >= 15 is 0 Å². The van der Waals surface area contributed by atoms with Crippen LogP contribution in [0.4, 0.5) is 0 Å². The molecule has 1 aromatic carbocycles. The van der Waals surface area contributed by atoms with Gasteiger partial charge in [0.2, 0.25) is 0 Å². The maximum atomic E-state index is 11.6. The Morgan fingerprint density at radius 1 is 1.50 bits per heavy atom. The summed E-state index contributed by atoms with van der Waals surface area (Å²) in [4.78, 5) is 11.6. The number of hydrogen-bond donors (Lipinski definition) is 0. The zero-order chi connectivity index (χ0) is 13.0. The molecule has 0 bridgehead atoms. The van der Waals surface area contributed by atoms with E-state index in [4.69, 9.17) is 16.3 Å². The molecule has 1 atom stereocenters. The Bertz CT molecular complexity index is 429. The van der Waals surface area contributed by atoms with Crippen LogP contribution in [0.1, 0.15) is 48.8 Å². The second kappa shape index (κ2) is 6.24. The van der Waals surface area contributed by atoms with Gasteiger partial charge in [0, 0.05) is 5.88 Å². The lowest BCUT2D eigenvalue weighted by Gasteiger charge is -2.25. The van der Waals surface area contributed by atoms with E-state index in [1.807, 2.05) is 6.92 Å². The average molecular weight is 267 g/mol. The highest BCUT2D eigenvalue weighted by Gasteiger charge is 2.23. The Hall–Kier alpha value is -1.02. The van der Waals surface area contributed by atoms with E-state index in [9.17, 15) is 4.79 Å². The predicted molar refractivity (Wildman–Crippen MR) is 72.9 cm³/mol. The van der Waals surface area contributed by atoms with E-state index in [2.05, 4.69) is 18.2 Å². The van der Waals surface area contributed by atoms with E-state index in [-0.39, 0.29) is 5.97 Å². The Balaban J connectivity index is 2.15. The summed E-state index contributed by atoms with van der Waals surface area (Å²) in [5.74, 6) is 0.782. The van der Waals surface area contributed by atoms with Crippen molar-refractivity contribution in [3.05, 3.63) is 34.9 Å². The van der Waals surface area contributed by atoms with Crippen molar-refractivity contribution in [3.63, 3.8) is 0 Å². The number of ether oxygens (including phenoxy) is 1. The first-order valence-corrected chi connectivity index (χ1v) is 7.11. The van der Waals surface area contributed by atoms with E-state index < -0.39 is 0 Å². The van der Waals surface area contributed by atoms with Crippen LogP contribution in [0.15, 0.2) is 18.2 Å². The van der Waals surface area contributed by atoms with Gasteiger partial charge in [-0.05, 0) is 48.8 Å². The van der Waals surface area contributed by atoms with Crippen molar-refractivity contribution in [2.45, 2.75) is 44.4 Å². The van der Waals surface area contributed by atoms with Crippen molar-refractivity contribution in [2.75, 3.05) is 6.61 Å². The van der Waals surface area contributed by atoms with E-state index in [0.29, 0.717) is 24.8 Å². The summed E-state index contributed by atoms with van der Waals surface area (Å²) in [6.45, 7) is 2.31. The van der Waals surface area contributed by atoms with Crippen molar-refractivity contribution < 1.29 is 9.53 Å². The zero-order valence-corrected chi connectivity index (χ0v) is 11.5. The van der Waals surface area contributed by atoms with E-state index in [1.54, 1.807) is 0 Å². The number of benzene rings is 1. The van der Waals surface area contributed by atoms with Gasteiger partial charge in [0.15, 0.2) is 0 Å². The minimum Gasteiger partial charge on any atom is -0.466 e. The summed E-state index contributed by atoms with van der Waals surface area (Å²) >= 11 is 5.86.